The van der Waals surface area contributed by atoms with Crippen LogP contribution in [-0.2, 0) is 0 Å². The van der Waals surface area contributed by atoms with Crippen LogP contribution in [0.15, 0.2) is 24.2 Å². The van der Waals surface area contributed by atoms with Crippen molar-refractivity contribution >= 4 is 5.69 Å². The van der Waals surface area contributed by atoms with E-state index in [9.17, 15) is 0 Å². The van der Waals surface area contributed by atoms with Crippen LogP contribution < -0.4 is 5.73 Å². The first-order chi connectivity index (χ1) is 5.46. The SMILES string of the molecule is [2H]c1c([2H])c(N)c([2H])c(O)c1[2H]. The molecule has 0 fully saturated rings. The molecular weight excluding hydrogens is 102 g/mol. The molecule has 0 heterocycles. The second-order valence-corrected chi connectivity index (χ2v) is 1.26. The van der Waals surface area contributed by atoms with Gasteiger partial charge >= 0.3 is 0 Å². The van der Waals surface area contributed by atoms with E-state index in [0.717, 1.165) is 0 Å². The van der Waals surface area contributed by atoms with Gasteiger partial charge in [0.1, 0.15) is 5.75 Å². The highest BCUT2D eigenvalue weighted by Crippen LogP contribution is 2.10. The van der Waals surface area contributed by atoms with Gasteiger partial charge in [-0.25, -0.2) is 0 Å². The normalized spacial score (nSPS) is 16.0. The molecule has 2 nitrogen and oxygen atoms in total. The monoisotopic (exact) mass is 113 g/mol. The third-order valence-electron chi connectivity index (χ3n) is 0.631. The highest BCUT2D eigenvalue weighted by atomic mass is 16.3. The highest BCUT2D eigenvalue weighted by molar-refractivity contribution is 5.42. The predicted molar refractivity (Wildman–Crippen MR) is 32.5 cm³/mol. The minimum Gasteiger partial charge on any atom is -0.508 e. The zero-order valence-electron chi connectivity index (χ0n) is 8.02. The molecule has 8 heavy (non-hydrogen) atoms. The molecule has 3 N–H and O–H groups in total. The van der Waals surface area contributed by atoms with Gasteiger partial charge < -0.3 is 10.8 Å². The van der Waals surface area contributed by atoms with Crippen LogP contribution in [0.5, 0.6) is 5.75 Å². The lowest BCUT2D eigenvalue weighted by Gasteiger charge is -1.90. The molecule has 0 aliphatic heterocycles. The summed E-state index contributed by atoms with van der Waals surface area (Å²) < 4.78 is 28.5. The van der Waals surface area contributed by atoms with Crippen molar-refractivity contribution in [2.75, 3.05) is 5.73 Å². The van der Waals surface area contributed by atoms with Crippen LogP contribution in [0.25, 0.3) is 0 Å². The number of hydrogen-bond donors (Lipinski definition) is 2. The number of phenolic OH excluding ortho intramolecular Hbond substituents is 1. The Kier molecular flexibility index (Phi) is 0.429. The summed E-state index contributed by atoms with van der Waals surface area (Å²) in [4.78, 5) is 0. The Morgan fingerprint density at radius 1 is 1.62 bits per heavy atom. The molecule has 0 amide bonds. The second kappa shape index (κ2) is 1.74. The van der Waals surface area contributed by atoms with Gasteiger partial charge in [-0.15, -0.1) is 0 Å². The van der Waals surface area contributed by atoms with E-state index in [4.69, 9.17) is 16.3 Å². The lowest BCUT2D eigenvalue weighted by Crippen LogP contribution is -1.80. The molecule has 0 radical (unpaired) electrons. The summed E-state index contributed by atoms with van der Waals surface area (Å²) in [6.45, 7) is 0. The molecule has 0 aliphatic carbocycles. The zero-order chi connectivity index (χ0) is 9.46. The Morgan fingerprint density at radius 2 is 2.38 bits per heavy atom. The van der Waals surface area contributed by atoms with E-state index >= 15 is 0 Å². The number of aromatic hydroxyl groups is 1. The van der Waals surface area contributed by atoms with E-state index in [1.54, 1.807) is 0 Å². The van der Waals surface area contributed by atoms with Crippen LogP contribution in [0.3, 0.4) is 0 Å². The standard InChI is InChI=1S/C6H7NO/c7-5-2-1-3-6(8)4-5/h1-4,8H,7H2/i1D,2D,3D,4D. The van der Waals surface area contributed by atoms with E-state index in [1.807, 2.05) is 0 Å². The summed E-state index contributed by atoms with van der Waals surface area (Å²) in [6, 6.07) is -1.83. The quantitative estimate of drug-likeness (QED) is 0.492. The average Bonchev–Trinajstić information content (AvgIpc) is 2.08. The van der Waals surface area contributed by atoms with Crippen molar-refractivity contribution in [3.05, 3.63) is 24.2 Å². The fourth-order valence-corrected chi connectivity index (χ4v) is 0.348. The van der Waals surface area contributed by atoms with Crippen LogP contribution >= 0.6 is 0 Å². The molecule has 2 heteroatoms. The maximum absolute atomic E-state index is 9.03. The summed E-state index contributed by atoms with van der Waals surface area (Å²) in [5.41, 5.74) is 4.94. The van der Waals surface area contributed by atoms with E-state index in [1.165, 1.54) is 0 Å². The van der Waals surface area contributed by atoms with Gasteiger partial charge in [0.2, 0.25) is 0 Å². The maximum atomic E-state index is 9.03. The van der Waals surface area contributed by atoms with Gasteiger partial charge in [0.25, 0.3) is 0 Å². The smallest absolute Gasteiger partial charge is 0.117 e. The van der Waals surface area contributed by atoms with Crippen molar-refractivity contribution in [3.8, 4) is 5.75 Å². The van der Waals surface area contributed by atoms with Gasteiger partial charge in [-0.05, 0) is 12.1 Å². The Balaban J connectivity index is 3.60. The zero-order valence-corrected chi connectivity index (χ0v) is 4.02. The Labute approximate surface area is 53.2 Å². The van der Waals surface area contributed by atoms with Crippen LogP contribution in [0.4, 0.5) is 5.69 Å². The van der Waals surface area contributed by atoms with E-state index in [-0.39, 0.29) is 11.7 Å². The molecule has 0 unspecified atom stereocenters. The van der Waals surface area contributed by atoms with E-state index in [0.29, 0.717) is 0 Å². The molecular formula is C6H7NO. The molecule has 0 aromatic heterocycles. The Bertz CT molecular complexity index is 234. The fraction of sp³-hybridized carbons (Fsp3) is 0. The van der Waals surface area contributed by atoms with Crippen molar-refractivity contribution in [2.24, 2.45) is 0 Å². The van der Waals surface area contributed by atoms with Gasteiger partial charge in [-0.1, -0.05) is 6.04 Å². The molecule has 0 spiro atoms. The predicted octanol–water partition coefficient (Wildman–Crippen LogP) is 0.974. The van der Waals surface area contributed by atoms with Crippen molar-refractivity contribution in [3.63, 3.8) is 0 Å². The van der Waals surface area contributed by atoms with Crippen molar-refractivity contribution in [1.29, 1.82) is 0 Å². The fourth-order valence-electron chi connectivity index (χ4n) is 0.348. The first-order valence-corrected chi connectivity index (χ1v) is 2.01. The number of phenols is 1. The van der Waals surface area contributed by atoms with Gasteiger partial charge in [0, 0.05) is 11.7 Å². The van der Waals surface area contributed by atoms with E-state index in [2.05, 4.69) is 0 Å². The van der Waals surface area contributed by atoms with Gasteiger partial charge in [0.15, 0.2) is 0 Å². The molecule has 0 saturated carbocycles. The summed E-state index contributed by atoms with van der Waals surface area (Å²) >= 11 is 0. The number of anilines is 1. The summed E-state index contributed by atoms with van der Waals surface area (Å²) in [6.07, 6.45) is 0. The Morgan fingerprint density at radius 3 is 3.12 bits per heavy atom. The van der Waals surface area contributed by atoms with Crippen LogP contribution in [0, 0.1) is 0 Å². The molecule has 0 atom stereocenters. The van der Waals surface area contributed by atoms with Crippen molar-refractivity contribution in [2.45, 2.75) is 0 Å². The third-order valence-corrected chi connectivity index (χ3v) is 0.631. The minimum atomic E-state index is -0.645. The number of benzene rings is 1. The second-order valence-electron chi connectivity index (χ2n) is 1.26. The maximum Gasteiger partial charge on any atom is 0.117 e. The molecule has 0 aliphatic rings. The van der Waals surface area contributed by atoms with Gasteiger partial charge in [0.05, 0.1) is 5.48 Å². The molecule has 0 bridgehead atoms. The number of nitrogen functional groups attached to an aromatic ring is 1. The van der Waals surface area contributed by atoms with Crippen molar-refractivity contribution < 1.29 is 10.6 Å². The van der Waals surface area contributed by atoms with Crippen LogP contribution in [0.1, 0.15) is 5.48 Å². The first-order valence-electron chi connectivity index (χ1n) is 4.01. The average molecular weight is 113 g/mol. The molecule has 1 rings (SSSR count). The molecule has 42 valence electrons. The van der Waals surface area contributed by atoms with Gasteiger partial charge in [-0.2, -0.15) is 0 Å². The topological polar surface area (TPSA) is 46.2 Å². The lowest BCUT2D eigenvalue weighted by molar-refractivity contribution is 0.475. The lowest BCUT2D eigenvalue weighted by atomic mass is 10.3. The number of rotatable bonds is 0. The summed E-state index contributed by atoms with van der Waals surface area (Å²) in [5, 5.41) is 9.03. The van der Waals surface area contributed by atoms with Crippen LogP contribution in [-0.4, -0.2) is 5.11 Å². The highest BCUT2D eigenvalue weighted by Gasteiger charge is 1.83. The van der Waals surface area contributed by atoms with Crippen LogP contribution in [0.2, 0.25) is 0 Å². The molecule has 1 aromatic rings. The Hall–Kier alpha value is -1.18. The number of nitrogens with two attached hydrogens (primary N) is 1. The minimum absolute atomic E-state index is 0.270. The largest absolute Gasteiger partial charge is 0.508 e. The first kappa shape index (κ1) is 1.97. The third kappa shape index (κ3) is 0.904. The summed E-state index contributed by atoms with van der Waals surface area (Å²) in [5.74, 6) is -0.645. The van der Waals surface area contributed by atoms with Crippen molar-refractivity contribution in [1.82, 2.24) is 0 Å². The number of hydrogen-bond acceptors (Lipinski definition) is 2. The van der Waals surface area contributed by atoms with E-state index < -0.39 is 23.9 Å². The molecule has 1 aromatic carbocycles. The van der Waals surface area contributed by atoms with Gasteiger partial charge in [-0.3, -0.25) is 0 Å². The molecule has 0 saturated heterocycles. The summed E-state index contributed by atoms with van der Waals surface area (Å²) in [7, 11) is 0.